The van der Waals surface area contributed by atoms with Gasteiger partial charge in [-0.1, -0.05) is 5.16 Å². The van der Waals surface area contributed by atoms with Crippen LogP contribution in [0.4, 0.5) is 6.01 Å². The molecule has 0 unspecified atom stereocenters. The van der Waals surface area contributed by atoms with Crippen molar-refractivity contribution < 1.29 is 9.32 Å². The number of hydrogen-bond donors (Lipinski definition) is 1. The van der Waals surface area contributed by atoms with Crippen molar-refractivity contribution in [3.05, 3.63) is 28.3 Å². The zero-order chi connectivity index (χ0) is 12.4. The molecular formula is C10H11BrN4O2. The lowest BCUT2D eigenvalue weighted by molar-refractivity contribution is 0.101. The van der Waals surface area contributed by atoms with Crippen LogP contribution in [0.2, 0.25) is 0 Å². The Bertz CT molecular complexity index is 546. The Hall–Kier alpha value is -1.63. The van der Waals surface area contributed by atoms with Gasteiger partial charge in [-0.25, -0.2) is 0 Å². The maximum Gasteiger partial charge on any atom is 0.328 e. The van der Waals surface area contributed by atoms with Crippen LogP contribution in [0.1, 0.15) is 23.2 Å². The van der Waals surface area contributed by atoms with Gasteiger partial charge in [-0.2, -0.15) is 4.98 Å². The lowest BCUT2D eigenvalue weighted by Gasteiger charge is -2.04. The van der Waals surface area contributed by atoms with Gasteiger partial charge in [-0.15, -0.1) is 0 Å². The minimum absolute atomic E-state index is 0.104. The third-order valence-corrected chi connectivity index (χ3v) is 2.62. The molecule has 0 bridgehead atoms. The topological polar surface area (TPSA) is 73.0 Å². The largest absolute Gasteiger partial charge is 0.343 e. The van der Waals surface area contributed by atoms with Gasteiger partial charge in [0.25, 0.3) is 5.91 Å². The van der Waals surface area contributed by atoms with Crippen molar-refractivity contribution in [1.29, 1.82) is 0 Å². The Morgan fingerprint density at radius 2 is 2.41 bits per heavy atom. The van der Waals surface area contributed by atoms with Crippen LogP contribution in [0.3, 0.4) is 0 Å². The van der Waals surface area contributed by atoms with Gasteiger partial charge in [-0.3, -0.25) is 10.1 Å². The van der Waals surface area contributed by atoms with E-state index in [9.17, 15) is 4.79 Å². The first kappa shape index (κ1) is 11.8. The standard InChI is InChI=1S/C10H11BrN4O2/c1-3-15-5-7(11)4-8(15)9(16)13-10-12-6(2)14-17-10/h4-5H,3H2,1-2H3,(H,12,13,14,16). The Morgan fingerprint density at radius 1 is 1.65 bits per heavy atom. The molecule has 0 aliphatic rings. The fourth-order valence-corrected chi connectivity index (χ4v) is 1.90. The molecule has 1 amide bonds. The molecule has 90 valence electrons. The lowest BCUT2D eigenvalue weighted by atomic mass is 10.4. The monoisotopic (exact) mass is 298 g/mol. The predicted octanol–water partition coefficient (Wildman–Crippen LogP) is 2.21. The van der Waals surface area contributed by atoms with E-state index < -0.39 is 0 Å². The summed E-state index contributed by atoms with van der Waals surface area (Å²) in [5.41, 5.74) is 0.537. The Labute approximate surface area is 106 Å². The molecule has 0 atom stereocenters. The number of carbonyl (C=O) groups is 1. The Morgan fingerprint density at radius 3 is 3.00 bits per heavy atom. The van der Waals surface area contributed by atoms with E-state index in [0.29, 0.717) is 18.1 Å². The van der Waals surface area contributed by atoms with Crippen molar-refractivity contribution in [2.24, 2.45) is 0 Å². The maximum atomic E-state index is 11.9. The number of anilines is 1. The van der Waals surface area contributed by atoms with E-state index in [-0.39, 0.29) is 11.9 Å². The predicted molar refractivity (Wildman–Crippen MR) is 64.8 cm³/mol. The third kappa shape index (κ3) is 2.55. The van der Waals surface area contributed by atoms with Crippen LogP contribution in [0.5, 0.6) is 0 Å². The van der Waals surface area contributed by atoms with Gasteiger partial charge in [-0.05, 0) is 35.8 Å². The van der Waals surface area contributed by atoms with Crippen LogP contribution in [-0.2, 0) is 6.54 Å². The number of hydrogen-bond acceptors (Lipinski definition) is 4. The normalized spacial score (nSPS) is 10.5. The van der Waals surface area contributed by atoms with Crippen LogP contribution in [0.15, 0.2) is 21.3 Å². The highest BCUT2D eigenvalue weighted by Gasteiger charge is 2.14. The number of carbonyl (C=O) groups excluding carboxylic acids is 1. The molecule has 7 heteroatoms. The molecule has 2 heterocycles. The SMILES string of the molecule is CCn1cc(Br)cc1C(=O)Nc1nc(C)no1. The van der Waals surface area contributed by atoms with Crippen molar-refractivity contribution in [3.63, 3.8) is 0 Å². The van der Waals surface area contributed by atoms with Crippen LogP contribution in [0, 0.1) is 6.92 Å². The fraction of sp³-hybridized carbons (Fsp3) is 0.300. The van der Waals surface area contributed by atoms with E-state index in [1.807, 2.05) is 17.7 Å². The molecule has 0 aliphatic carbocycles. The zero-order valence-corrected chi connectivity index (χ0v) is 11.0. The van der Waals surface area contributed by atoms with E-state index in [0.717, 1.165) is 4.47 Å². The van der Waals surface area contributed by atoms with Gasteiger partial charge in [0.2, 0.25) is 0 Å². The highest BCUT2D eigenvalue weighted by atomic mass is 79.9. The number of nitrogens with one attached hydrogen (secondary N) is 1. The van der Waals surface area contributed by atoms with Crippen LogP contribution in [-0.4, -0.2) is 20.6 Å². The minimum atomic E-state index is -0.277. The summed E-state index contributed by atoms with van der Waals surface area (Å²) in [6.45, 7) is 4.35. The first-order chi connectivity index (χ1) is 8.10. The molecule has 2 aromatic heterocycles. The molecule has 6 nitrogen and oxygen atoms in total. The molecule has 0 aliphatic heterocycles. The number of rotatable bonds is 3. The van der Waals surface area contributed by atoms with Crippen molar-refractivity contribution >= 4 is 27.9 Å². The zero-order valence-electron chi connectivity index (χ0n) is 9.40. The van der Waals surface area contributed by atoms with Crippen LogP contribution < -0.4 is 5.32 Å². The number of amides is 1. The summed E-state index contributed by atoms with van der Waals surface area (Å²) in [6.07, 6.45) is 1.84. The van der Waals surface area contributed by atoms with E-state index in [2.05, 4.69) is 31.4 Å². The summed E-state index contributed by atoms with van der Waals surface area (Å²) in [7, 11) is 0. The first-order valence-electron chi connectivity index (χ1n) is 5.07. The second kappa shape index (κ2) is 4.70. The second-order valence-electron chi connectivity index (χ2n) is 3.43. The highest BCUT2D eigenvalue weighted by Crippen LogP contribution is 2.16. The van der Waals surface area contributed by atoms with E-state index in [1.165, 1.54) is 0 Å². The summed E-state index contributed by atoms with van der Waals surface area (Å²) < 4.78 is 7.50. The van der Waals surface area contributed by atoms with Crippen LogP contribution >= 0.6 is 15.9 Å². The van der Waals surface area contributed by atoms with E-state index >= 15 is 0 Å². The highest BCUT2D eigenvalue weighted by molar-refractivity contribution is 9.10. The quantitative estimate of drug-likeness (QED) is 0.943. The number of nitrogens with zero attached hydrogens (tertiary/aromatic N) is 3. The van der Waals surface area contributed by atoms with Crippen LogP contribution in [0.25, 0.3) is 0 Å². The molecule has 0 fully saturated rings. The molecule has 0 saturated carbocycles. The summed E-state index contributed by atoms with van der Waals surface area (Å²) in [6, 6.07) is 1.84. The minimum Gasteiger partial charge on any atom is -0.343 e. The average molecular weight is 299 g/mol. The molecular weight excluding hydrogens is 288 g/mol. The Balaban J connectivity index is 2.19. The van der Waals surface area contributed by atoms with Gasteiger partial charge in [0.05, 0.1) is 0 Å². The Kier molecular flexibility index (Phi) is 3.28. The first-order valence-corrected chi connectivity index (χ1v) is 5.86. The summed E-state index contributed by atoms with van der Waals surface area (Å²) in [5, 5.41) is 6.14. The third-order valence-electron chi connectivity index (χ3n) is 2.18. The van der Waals surface area contributed by atoms with Crippen molar-refractivity contribution in [2.45, 2.75) is 20.4 Å². The van der Waals surface area contributed by atoms with Crippen molar-refractivity contribution in [2.75, 3.05) is 5.32 Å². The van der Waals surface area contributed by atoms with Crippen molar-refractivity contribution in [1.82, 2.24) is 14.7 Å². The summed E-state index contributed by atoms with van der Waals surface area (Å²) in [5.74, 6) is 0.202. The average Bonchev–Trinajstić information content (AvgIpc) is 2.84. The molecule has 2 rings (SSSR count). The number of aryl methyl sites for hydroxylation is 2. The molecule has 0 saturated heterocycles. The summed E-state index contributed by atoms with van der Waals surface area (Å²) >= 11 is 3.33. The number of aromatic nitrogens is 3. The fourth-order valence-electron chi connectivity index (χ4n) is 1.44. The van der Waals surface area contributed by atoms with Gasteiger partial charge < -0.3 is 9.09 Å². The maximum absolute atomic E-state index is 11.9. The molecule has 0 spiro atoms. The summed E-state index contributed by atoms with van der Waals surface area (Å²) in [4.78, 5) is 15.8. The van der Waals surface area contributed by atoms with Gasteiger partial charge in [0.1, 0.15) is 5.69 Å². The number of halogens is 1. The van der Waals surface area contributed by atoms with E-state index in [1.54, 1.807) is 13.0 Å². The van der Waals surface area contributed by atoms with Gasteiger partial charge in [0.15, 0.2) is 5.82 Å². The molecule has 0 aromatic carbocycles. The molecule has 17 heavy (non-hydrogen) atoms. The van der Waals surface area contributed by atoms with Gasteiger partial charge >= 0.3 is 6.01 Å². The van der Waals surface area contributed by atoms with Gasteiger partial charge in [0, 0.05) is 17.2 Å². The molecule has 0 radical (unpaired) electrons. The second-order valence-corrected chi connectivity index (χ2v) is 4.35. The molecule has 1 N–H and O–H groups in total. The van der Waals surface area contributed by atoms with Crippen molar-refractivity contribution in [3.8, 4) is 0 Å². The lowest BCUT2D eigenvalue weighted by Crippen LogP contribution is -2.16. The molecule has 2 aromatic rings. The van der Waals surface area contributed by atoms with E-state index in [4.69, 9.17) is 4.52 Å². The smallest absolute Gasteiger partial charge is 0.328 e.